The van der Waals surface area contributed by atoms with E-state index in [1.165, 1.54) is 34.9 Å². The molecule has 1 N–H and O–H groups in total. The molecule has 0 unspecified atom stereocenters. The largest absolute Gasteiger partial charge is 0.457 e. The number of thiophene rings is 1. The van der Waals surface area contributed by atoms with Gasteiger partial charge in [-0.1, -0.05) is 24.3 Å². The first-order valence-electron chi connectivity index (χ1n) is 10.1. The summed E-state index contributed by atoms with van der Waals surface area (Å²) in [6.45, 7) is 0.215. The molecule has 0 spiro atoms. The molecule has 0 bridgehead atoms. The molecule has 11 heteroatoms. The monoisotopic (exact) mass is 508 g/mol. The van der Waals surface area contributed by atoms with Crippen molar-refractivity contribution in [1.82, 2.24) is 9.62 Å². The number of hydrogen-bond donors (Lipinski definition) is 1. The smallest absolute Gasteiger partial charge is 0.416 e. The number of hydrogen-bond acceptors (Lipinski definition) is 5. The third-order valence-corrected chi connectivity index (χ3v) is 7.74. The molecule has 3 aromatic rings. The lowest BCUT2D eigenvalue weighted by Gasteiger charge is -2.22. The molecular weight excluding hydrogens is 489 g/mol. The first-order chi connectivity index (χ1) is 16.1. The van der Waals surface area contributed by atoms with E-state index in [2.05, 4.69) is 5.32 Å². The summed E-state index contributed by atoms with van der Waals surface area (Å²) >= 11 is 1.26. The van der Waals surface area contributed by atoms with Gasteiger partial charge >= 0.3 is 6.18 Å². The summed E-state index contributed by atoms with van der Waals surface area (Å²) in [4.78, 5) is 12.9. The van der Waals surface area contributed by atoms with E-state index >= 15 is 0 Å². The average molecular weight is 509 g/mol. The molecule has 1 aliphatic heterocycles. The van der Waals surface area contributed by atoms with E-state index in [1.807, 2.05) is 0 Å². The van der Waals surface area contributed by atoms with Crippen molar-refractivity contribution in [2.75, 3.05) is 6.54 Å². The Kier molecular flexibility index (Phi) is 6.78. The van der Waals surface area contributed by atoms with Crippen LogP contribution in [0.5, 0.6) is 11.5 Å². The standard InChI is InChI=1S/C23H19F3N2O4S2/c24-23(25,26)17-6-8-18(9-7-17)32-19-4-1-3-16(13-19)14-27-22(29)21-5-2-11-28(21)34(30,31)20-10-12-33-15-20/h1-10,12-13,15,21H,11,14H2,(H,27,29)/t21-/m0/s1. The normalized spacial score (nSPS) is 16.5. The van der Waals surface area contributed by atoms with Crippen molar-refractivity contribution in [3.8, 4) is 11.5 Å². The van der Waals surface area contributed by atoms with Crippen molar-refractivity contribution in [3.05, 3.63) is 88.6 Å². The lowest BCUT2D eigenvalue weighted by molar-refractivity contribution is -0.137. The Morgan fingerprint density at radius 3 is 2.56 bits per heavy atom. The Labute approximate surface area is 198 Å². The van der Waals surface area contributed by atoms with Crippen molar-refractivity contribution in [3.63, 3.8) is 0 Å². The van der Waals surface area contributed by atoms with Crippen LogP contribution >= 0.6 is 11.3 Å². The van der Waals surface area contributed by atoms with Gasteiger partial charge in [0.2, 0.25) is 15.9 Å². The number of nitrogens with one attached hydrogen (secondary N) is 1. The molecule has 0 fully saturated rings. The predicted molar refractivity (Wildman–Crippen MR) is 121 cm³/mol. The van der Waals surface area contributed by atoms with E-state index in [1.54, 1.807) is 41.8 Å². The molecule has 1 aromatic heterocycles. The van der Waals surface area contributed by atoms with Gasteiger partial charge in [0.05, 0.1) is 10.5 Å². The van der Waals surface area contributed by atoms with Crippen LogP contribution in [0.2, 0.25) is 0 Å². The van der Waals surface area contributed by atoms with Crippen LogP contribution in [0.4, 0.5) is 13.2 Å². The fraction of sp³-hybridized carbons (Fsp3) is 0.174. The number of halogens is 3. The number of carbonyl (C=O) groups excluding carboxylic acids is 1. The topological polar surface area (TPSA) is 75.7 Å². The zero-order valence-corrected chi connectivity index (χ0v) is 19.2. The second kappa shape index (κ2) is 9.61. The highest BCUT2D eigenvalue weighted by atomic mass is 32.2. The molecule has 4 rings (SSSR count). The van der Waals surface area contributed by atoms with Gasteiger partial charge < -0.3 is 10.1 Å². The van der Waals surface area contributed by atoms with Crippen LogP contribution in [0.15, 0.2) is 82.4 Å². The third-order valence-electron chi connectivity index (χ3n) is 5.07. The van der Waals surface area contributed by atoms with Gasteiger partial charge in [0, 0.05) is 18.5 Å². The molecule has 1 aliphatic rings. The van der Waals surface area contributed by atoms with Gasteiger partial charge in [-0.15, -0.1) is 0 Å². The van der Waals surface area contributed by atoms with Crippen molar-refractivity contribution >= 4 is 27.3 Å². The van der Waals surface area contributed by atoms with Crippen LogP contribution in [-0.2, 0) is 27.5 Å². The number of carbonyl (C=O) groups is 1. The van der Waals surface area contributed by atoms with Gasteiger partial charge in [0.15, 0.2) is 0 Å². The molecule has 1 amide bonds. The molecule has 0 saturated heterocycles. The minimum absolute atomic E-state index is 0.104. The van der Waals surface area contributed by atoms with E-state index in [9.17, 15) is 26.4 Å². The molecule has 34 heavy (non-hydrogen) atoms. The molecular formula is C23H19F3N2O4S2. The fourth-order valence-corrected chi connectivity index (χ4v) is 5.88. The van der Waals surface area contributed by atoms with Gasteiger partial charge in [0.1, 0.15) is 17.5 Å². The highest BCUT2D eigenvalue weighted by molar-refractivity contribution is 7.89. The highest BCUT2D eigenvalue weighted by Gasteiger charge is 2.36. The van der Waals surface area contributed by atoms with E-state index in [0.29, 0.717) is 11.3 Å². The molecule has 1 atom stereocenters. The molecule has 0 saturated carbocycles. The molecule has 2 aromatic carbocycles. The highest BCUT2D eigenvalue weighted by Crippen LogP contribution is 2.31. The predicted octanol–water partition coefficient (Wildman–Crippen LogP) is 4.80. The maximum atomic E-state index is 12.8. The minimum atomic E-state index is -4.43. The number of sulfonamides is 1. The van der Waals surface area contributed by atoms with Crippen LogP contribution in [0.1, 0.15) is 11.1 Å². The van der Waals surface area contributed by atoms with Gasteiger partial charge in [-0.3, -0.25) is 4.79 Å². The van der Waals surface area contributed by atoms with E-state index in [4.69, 9.17) is 4.74 Å². The lowest BCUT2D eigenvalue weighted by atomic mass is 10.2. The Balaban J connectivity index is 1.39. The Hall–Kier alpha value is -3.15. The Bertz CT molecular complexity index is 1290. The fourth-order valence-electron chi connectivity index (χ4n) is 3.36. The zero-order chi connectivity index (χ0) is 24.3. The van der Waals surface area contributed by atoms with Crippen LogP contribution in [-0.4, -0.2) is 31.2 Å². The summed E-state index contributed by atoms with van der Waals surface area (Å²) in [6, 6.07) is 11.6. The van der Waals surface area contributed by atoms with Gasteiger partial charge in [-0.25, -0.2) is 8.42 Å². The molecule has 2 heterocycles. The van der Waals surface area contributed by atoms with Gasteiger partial charge in [-0.05, 0) is 53.4 Å². The van der Waals surface area contributed by atoms with Crippen LogP contribution in [0.25, 0.3) is 0 Å². The van der Waals surface area contributed by atoms with Gasteiger partial charge in [0.25, 0.3) is 0 Å². The Morgan fingerprint density at radius 2 is 1.88 bits per heavy atom. The zero-order valence-electron chi connectivity index (χ0n) is 17.5. The maximum Gasteiger partial charge on any atom is 0.416 e. The van der Waals surface area contributed by atoms with Crippen molar-refractivity contribution in [2.45, 2.75) is 23.7 Å². The number of ether oxygens (including phenoxy) is 1. The Morgan fingerprint density at radius 1 is 1.12 bits per heavy atom. The number of alkyl halides is 3. The summed E-state index contributed by atoms with van der Waals surface area (Å²) in [5.74, 6) is 0.148. The quantitative estimate of drug-likeness (QED) is 0.465. The summed E-state index contributed by atoms with van der Waals surface area (Å²) < 4.78 is 70.5. The van der Waals surface area contributed by atoms with E-state index in [0.717, 1.165) is 16.4 Å². The van der Waals surface area contributed by atoms with Crippen molar-refractivity contribution in [2.24, 2.45) is 0 Å². The first kappa shape index (κ1) is 24.0. The van der Waals surface area contributed by atoms with Crippen LogP contribution < -0.4 is 10.1 Å². The third kappa shape index (κ3) is 5.32. The van der Waals surface area contributed by atoms with Crippen LogP contribution in [0.3, 0.4) is 0 Å². The molecule has 6 nitrogen and oxygen atoms in total. The number of rotatable bonds is 7. The number of nitrogens with zero attached hydrogens (tertiary/aromatic N) is 1. The van der Waals surface area contributed by atoms with Gasteiger partial charge in [-0.2, -0.15) is 28.8 Å². The summed E-state index contributed by atoms with van der Waals surface area (Å²) in [6.07, 6.45) is -1.25. The molecule has 178 valence electrons. The second-order valence-electron chi connectivity index (χ2n) is 7.40. The lowest BCUT2D eigenvalue weighted by Crippen LogP contribution is -2.45. The van der Waals surface area contributed by atoms with E-state index < -0.39 is 33.7 Å². The average Bonchev–Trinajstić information content (AvgIpc) is 3.50. The summed E-state index contributed by atoms with van der Waals surface area (Å²) in [5, 5.41) is 5.91. The SMILES string of the molecule is O=C(NCc1cccc(Oc2ccc(C(F)(F)F)cc2)c1)[C@@H]1C=CCN1S(=O)(=O)c1ccsc1. The molecule has 0 radical (unpaired) electrons. The van der Waals surface area contributed by atoms with Crippen molar-refractivity contribution < 1.29 is 31.1 Å². The molecule has 0 aliphatic carbocycles. The second-order valence-corrected chi connectivity index (χ2v) is 10.1. The number of amides is 1. The number of benzene rings is 2. The first-order valence-corrected chi connectivity index (χ1v) is 12.5. The minimum Gasteiger partial charge on any atom is -0.457 e. The van der Waals surface area contributed by atoms with Crippen molar-refractivity contribution in [1.29, 1.82) is 0 Å². The van der Waals surface area contributed by atoms with Crippen LogP contribution in [0, 0.1) is 0 Å². The van der Waals surface area contributed by atoms with E-state index in [-0.39, 0.29) is 23.7 Å². The summed E-state index contributed by atoms with van der Waals surface area (Å²) in [5.41, 5.74) is -0.0979. The summed E-state index contributed by atoms with van der Waals surface area (Å²) in [7, 11) is -3.80. The maximum absolute atomic E-state index is 12.8.